The summed E-state index contributed by atoms with van der Waals surface area (Å²) in [5.74, 6) is 1.46. The molecule has 0 saturated heterocycles. The van der Waals surface area contributed by atoms with Gasteiger partial charge in [-0.1, -0.05) is 57.0 Å². The molecule has 0 radical (unpaired) electrons. The Morgan fingerprint density at radius 2 is 1.82 bits per heavy atom. The van der Waals surface area contributed by atoms with Crippen LogP contribution in [-0.2, 0) is 6.54 Å². The first kappa shape index (κ1) is 25.3. The van der Waals surface area contributed by atoms with E-state index in [1.54, 1.807) is 6.07 Å². The summed E-state index contributed by atoms with van der Waals surface area (Å²) in [5.41, 5.74) is 8.79. The summed E-state index contributed by atoms with van der Waals surface area (Å²) in [6.07, 6.45) is 0.772. The number of hydrogen-bond donors (Lipinski definition) is 2. The van der Waals surface area contributed by atoms with Crippen molar-refractivity contribution in [3.05, 3.63) is 52.0 Å². The number of nitrogens with two attached hydrogens (primary N) is 1. The largest absolute Gasteiger partial charge is 0.338 e. The molecule has 1 aromatic heterocycles. The van der Waals surface area contributed by atoms with Crippen LogP contribution in [0.2, 0.25) is 10.0 Å². The molecule has 8 heteroatoms. The van der Waals surface area contributed by atoms with Crippen LogP contribution >= 0.6 is 23.2 Å². The topological polar surface area (TPSA) is 76.2 Å². The average Bonchev–Trinajstić information content (AvgIpc) is 3.10. The summed E-state index contributed by atoms with van der Waals surface area (Å²) in [5, 5.41) is 4.21. The van der Waals surface area contributed by atoms with E-state index in [1.807, 2.05) is 39.8 Å². The zero-order valence-electron chi connectivity index (χ0n) is 19.7. The highest BCUT2D eigenvalue weighted by atomic mass is 35.5. The third-order valence-corrected chi connectivity index (χ3v) is 6.06. The lowest BCUT2D eigenvalue weighted by molar-refractivity contribution is 0.0715. The molecular formula is C25H33Cl2N5O. The van der Waals surface area contributed by atoms with Gasteiger partial charge in [-0.3, -0.25) is 4.79 Å². The molecule has 0 saturated carbocycles. The predicted octanol–water partition coefficient (Wildman–Crippen LogP) is 6.19. The van der Waals surface area contributed by atoms with Crippen molar-refractivity contribution in [1.29, 1.82) is 0 Å². The molecule has 6 nitrogen and oxygen atoms in total. The molecule has 3 N–H and O–H groups in total. The van der Waals surface area contributed by atoms with Gasteiger partial charge in [0.2, 0.25) is 5.95 Å². The molecule has 0 fully saturated rings. The Kier molecular flexibility index (Phi) is 8.63. The Morgan fingerprint density at radius 1 is 1.12 bits per heavy atom. The van der Waals surface area contributed by atoms with Crippen LogP contribution in [-0.4, -0.2) is 40.0 Å². The van der Waals surface area contributed by atoms with E-state index in [0.717, 1.165) is 30.5 Å². The van der Waals surface area contributed by atoms with Crippen molar-refractivity contribution >= 4 is 51.8 Å². The predicted molar refractivity (Wildman–Crippen MR) is 139 cm³/mol. The minimum absolute atomic E-state index is 0.0401. The van der Waals surface area contributed by atoms with Crippen molar-refractivity contribution in [2.75, 3.05) is 25.0 Å². The molecule has 0 aliphatic carbocycles. The number of hydrogen-bond acceptors (Lipinski definition) is 4. The van der Waals surface area contributed by atoms with Crippen LogP contribution in [0.15, 0.2) is 36.4 Å². The van der Waals surface area contributed by atoms with Crippen LogP contribution < -0.4 is 11.1 Å². The Hall–Kier alpha value is -2.28. The summed E-state index contributed by atoms with van der Waals surface area (Å²) < 4.78 is 2.05. The third-order valence-electron chi connectivity index (χ3n) is 5.24. The van der Waals surface area contributed by atoms with Gasteiger partial charge in [-0.2, -0.15) is 0 Å². The van der Waals surface area contributed by atoms with Gasteiger partial charge in [0.05, 0.1) is 26.8 Å². The van der Waals surface area contributed by atoms with Crippen molar-refractivity contribution in [2.45, 2.75) is 40.7 Å². The van der Waals surface area contributed by atoms with Crippen molar-refractivity contribution in [3.8, 4) is 0 Å². The zero-order chi connectivity index (χ0) is 24.1. The first-order valence-corrected chi connectivity index (χ1v) is 12.2. The van der Waals surface area contributed by atoms with Gasteiger partial charge in [0, 0.05) is 25.2 Å². The van der Waals surface area contributed by atoms with E-state index in [4.69, 9.17) is 33.9 Å². The number of fused-ring (bicyclic) bond motifs is 1. The van der Waals surface area contributed by atoms with Gasteiger partial charge in [0.15, 0.2) is 0 Å². The zero-order valence-corrected chi connectivity index (χ0v) is 21.2. The maximum absolute atomic E-state index is 13.4. The monoisotopic (exact) mass is 489 g/mol. The molecule has 0 unspecified atom stereocenters. The van der Waals surface area contributed by atoms with Gasteiger partial charge < -0.3 is 20.5 Å². The smallest absolute Gasteiger partial charge is 0.253 e. The summed E-state index contributed by atoms with van der Waals surface area (Å²) >= 11 is 12.6. The van der Waals surface area contributed by atoms with E-state index in [1.165, 1.54) is 0 Å². The molecular weight excluding hydrogens is 457 g/mol. The first-order valence-electron chi connectivity index (χ1n) is 11.4. The van der Waals surface area contributed by atoms with Crippen molar-refractivity contribution < 1.29 is 4.79 Å². The molecule has 3 aromatic rings. The first-order chi connectivity index (χ1) is 15.7. The van der Waals surface area contributed by atoms with Gasteiger partial charge in [0.1, 0.15) is 0 Å². The van der Waals surface area contributed by atoms with Crippen LogP contribution in [0.3, 0.4) is 0 Å². The van der Waals surface area contributed by atoms with Gasteiger partial charge in [0.25, 0.3) is 5.91 Å². The molecule has 2 aromatic carbocycles. The van der Waals surface area contributed by atoms with Crippen LogP contribution in [0.25, 0.3) is 11.0 Å². The molecule has 1 heterocycles. The third kappa shape index (κ3) is 6.19. The molecule has 0 atom stereocenters. The van der Waals surface area contributed by atoms with Crippen LogP contribution in [0.5, 0.6) is 0 Å². The molecule has 33 heavy (non-hydrogen) atoms. The number of amides is 1. The highest BCUT2D eigenvalue weighted by molar-refractivity contribution is 6.43. The van der Waals surface area contributed by atoms with Gasteiger partial charge in [-0.05, 0) is 55.1 Å². The van der Waals surface area contributed by atoms with Gasteiger partial charge in [-0.15, -0.1) is 0 Å². The van der Waals surface area contributed by atoms with Crippen molar-refractivity contribution in [3.63, 3.8) is 0 Å². The summed E-state index contributed by atoms with van der Waals surface area (Å²) in [6.45, 7) is 11.2. The minimum Gasteiger partial charge on any atom is -0.338 e. The lowest BCUT2D eigenvalue weighted by Crippen LogP contribution is -2.37. The Labute approximate surface area is 206 Å². The van der Waals surface area contributed by atoms with E-state index in [9.17, 15) is 4.79 Å². The fraction of sp³-hybridized carbons (Fsp3) is 0.440. The second-order valence-corrected chi connectivity index (χ2v) is 9.94. The number of imidazole rings is 1. The number of nitrogens with zero attached hydrogens (tertiary/aromatic N) is 3. The van der Waals surface area contributed by atoms with Crippen LogP contribution in [0.1, 0.15) is 44.5 Å². The highest BCUT2D eigenvalue weighted by Crippen LogP contribution is 2.33. The molecule has 3 rings (SSSR count). The lowest BCUT2D eigenvalue weighted by atomic mass is 10.1. The Morgan fingerprint density at radius 3 is 2.45 bits per heavy atom. The number of carbonyl (C=O) groups is 1. The number of carbonyl (C=O) groups excluding carboxylic acids is 1. The number of rotatable bonds is 10. The molecule has 0 bridgehead atoms. The Bertz CT molecular complexity index is 1100. The summed E-state index contributed by atoms with van der Waals surface area (Å²) in [4.78, 5) is 20.1. The van der Waals surface area contributed by atoms with E-state index in [-0.39, 0.29) is 5.91 Å². The maximum Gasteiger partial charge on any atom is 0.253 e. The molecule has 178 valence electrons. The number of halogens is 2. The van der Waals surface area contributed by atoms with Crippen molar-refractivity contribution in [1.82, 2.24) is 14.5 Å². The molecule has 1 amide bonds. The van der Waals surface area contributed by atoms with Crippen LogP contribution in [0.4, 0.5) is 11.6 Å². The number of anilines is 2. The summed E-state index contributed by atoms with van der Waals surface area (Å²) in [6, 6.07) is 11.1. The highest BCUT2D eigenvalue weighted by Gasteiger charge is 2.20. The van der Waals surface area contributed by atoms with Crippen molar-refractivity contribution in [2.24, 2.45) is 17.6 Å². The number of aryl methyl sites for hydroxylation is 1. The molecule has 0 aliphatic heterocycles. The average molecular weight is 490 g/mol. The fourth-order valence-electron chi connectivity index (χ4n) is 3.85. The van der Waals surface area contributed by atoms with Crippen LogP contribution in [0, 0.1) is 11.8 Å². The van der Waals surface area contributed by atoms with Gasteiger partial charge >= 0.3 is 0 Å². The second-order valence-electron chi connectivity index (χ2n) is 9.16. The number of nitrogens with one attached hydrogen (secondary N) is 1. The molecule has 0 spiro atoms. The van der Waals surface area contributed by atoms with E-state index >= 15 is 0 Å². The van der Waals surface area contributed by atoms with E-state index in [0.29, 0.717) is 52.2 Å². The van der Waals surface area contributed by atoms with E-state index < -0.39 is 0 Å². The maximum atomic E-state index is 13.4. The standard InChI is InChI=1S/C25H33Cl2N5O/c1-16(2)14-31(15-17(3)4)24(33)18-9-10-20-22(13-18)32(12-6-11-28)25(29-20)30-21-8-5-7-19(26)23(21)27/h5,7-10,13,16-17H,6,11-12,14-15,28H2,1-4H3,(H,29,30). The summed E-state index contributed by atoms with van der Waals surface area (Å²) in [7, 11) is 0. The second kappa shape index (κ2) is 11.2. The van der Waals surface area contributed by atoms with E-state index in [2.05, 4.69) is 33.0 Å². The SMILES string of the molecule is CC(C)CN(CC(C)C)C(=O)c1ccc2nc(Nc3cccc(Cl)c3Cl)n(CCCN)c2c1. The Balaban J connectivity index is 2.02. The quantitative estimate of drug-likeness (QED) is 0.355. The fourth-order valence-corrected chi connectivity index (χ4v) is 4.20. The number of benzene rings is 2. The number of aromatic nitrogens is 2. The molecule has 0 aliphatic rings. The minimum atomic E-state index is 0.0401. The van der Waals surface area contributed by atoms with Gasteiger partial charge in [-0.25, -0.2) is 4.98 Å². The normalized spacial score (nSPS) is 11.5. The lowest BCUT2D eigenvalue weighted by Gasteiger charge is -2.26.